The van der Waals surface area contributed by atoms with E-state index in [1.54, 1.807) is 14.1 Å². The second-order valence-corrected chi connectivity index (χ2v) is 12.8. The maximum atomic E-state index is 14.2. The van der Waals surface area contributed by atoms with Crippen LogP contribution in [0.15, 0.2) is 67.0 Å². The normalized spacial score (nSPS) is 10.8. The summed E-state index contributed by atoms with van der Waals surface area (Å²) in [5, 5.41) is 0. The molecule has 0 aliphatic heterocycles. The largest absolute Gasteiger partial charge is 0.335 e. The predicted octanol–water partition coefficient (Wildman–Crippen LogP) is 7.40. The molecule has 0 aliphatic rings. The van der Waals surface area contributed by atoms with Crippen molar-refractivity contribution in [2.24, 2.45) is 0 Å². The summed E-state index contributed by atoms with van der Waals surface area (Å²) >= 11 is 0. The van der Waals surface area contributed by atoms with Gasteiger partial charge in [0.05, 0.1) is 5.56 Å². The SMILES string of the molecule is CN(C(=O)c1ncc(C#Cc2cc(F)ccc2F)cc1F)C(C)(C)C.CN(C(=O)c1ncc(C#Cc2ccc(F)cc2)cc1F)C(C)(C)C. The molecular formula is C38H35F5N4O2. The van der Waals surface area contributed by atoms with Gasteiger partial charge in [-0.3, -0.25) is 9.59 Å². The van der Waals surface area contributed by atoms with Gasteiger partial charge in [0.25, 0.3) is 11.8 Å². The Kier molecular flexibility index (Phi) is 12.0. The Morgan fingerprint density at radius 2 is 0.959 bits per heavy atom. The number of pyridine rings is 2. The molecule has 0 saturated heterocycles. The van der Waals surface area contributed by atoms with Crippen LogP contribution in [0.25, 0.3) is 0 Å². The molecule has 2 aromatic heterocycles. The topological polar surface area (TPSA) is 66.4 Å². The van der Waals surface area contributed by atoms with Gasteiger partial charge in [-0.2, -0.15) is 0 Å². The molecule has 0 aliphatic carbocycles. The van der Waals surface area contributed by atoms with E-state index in [4.69, 9.17) is 0 Å². The highest BCUT2D eigenvalue weighted by Gasteiger charge is 2.27. The van der Waals surface area contributed by atoms with Crippen molar-refractivity contribution in [3.63, 3.8) is 0 Å². The van der Waals surface area contributed by atoms with Crippen molar-refractivity contribution in [2.45, 2.75) is 52.6 Å². The van der Waals surface area contributed by atoms with Gasteiger partial charge in [-0.15, -0.1) is 0 Å². The average molecular weight is 675 g/mol. The molecule has 0 radical (unpaired) electrons. The minimum atomic E-state index is -0.826. The van der Waals surface area contributed by atoms with Crippen molar-refractivity contribution >= 4 is 11.8 Å². The maximum absolute atomic E-state index is 14.2. The van der Waals surface area contributed by atoms with Gasteiger partial charge in [-0.25, -0.2) is 31.9 Å². The number of amides is 2. The summed E-state index contributed by atoms with van der Waals surface area (Å²) in [6, 6.07) is 10.8. The van der Waals surface area contributed by atoms with Crippen LogP contribution in [0.5, 0.6) is 0 Å². The second-order valence-electron chi connectivity index (χ2n) is 12.8. The molecule has 4 aromatic rings. The highest BCUT2D eigenvalue weighted by atomic mass is 19.1. The third kappa shape index (κ3) is 10.5. The van der Waals surface area contributed by atoms with Crippen LogP contribution in [0.3, 0.4) is 0 Å². The lowest BCUT2D eigenvalue weighted by atomic mass is 10.1. The summed E-state index contributed by atoms with van der Waals surface area (Å²) < 4.78 is 67.9. The molecule has 49 heavy (non-hydrogen) atoms. The summed E-state index contributed by atoms with van der Waals surface area (Å²) in [6.07, 6.45) is 2.57. The zero-order valence-electron chi connectivity index (χ0n) is 28.3. The molecule has 254 valence electrons. The van der Waals surface area contributed by atoms with E-state index in [2.05, 4.69) is 33.6 Å². The number of benzene rings is 2. The standard InChI is InChI=1S/C19H17F3N2O.C19H18F2N2O/c1-19(2,3)24(4)18(25)17-16(22)9-12(11-23-17)5-6-13-10-14(20)7-8-15(13)21;1-19(2,3)23(4)18(24)17-16(21)11-14(12-22-17)6-5-13-7-9-15(20)10-8-13/h7-11H,1-4H3;7-12H,1-4H3. The van der Waals surface area contributed by atoms with E-state index in [0.717, 1.165) is 24.3 Å². The lowest BCUT2D eigenvalue weighted by Gasteiger charge is -2.31. The van der Waals surface area contributed by atoms with Crippen molar-refractivity contribution in [3.8, 4) is 23.7 Å². The predicted molar refractivity (Wildman–Crippen MR) is 177 cm³/mol. The fourth-order valence-corrected chi connectivity index (χ4v) is 3.66. The molecule has 4 rings (SSSR count). The first-order chi connectivity index (χ1) is 22.8. The van der Waals surface area contributed by atoms with Crippen LogP contribution in [0.2, 0.25) is 0 Å². The number of nitrogens with zero attached hydrogens (tertiary/aromatic N) is 4. The van der Waals surface area contributed by atoms with Crippen LogP contribution in [0.1, 0.15) is 84.8 Å². The molecule has 0 unspecified atom stereocenters. The first-order valence-corrected chi connectivity index (χ1v) is 14.9. The number of rotatable bonds is 2. The van der Waals surface area contributed by atoms with Gasteiger partial charge in [0.1, 0.15) is 17.5 Å². The van der Waals surface area contributed by atoms with E-state index in [9.17, 15) is 31.5 Å². The first kappa shape index (κ1) is 37.9. The Balaban J connectivity index is 0.000000266. The zero-order valence-corrected chi connectivity index (χ0v) is 28.3. The molecule has 0 saturated carbocycles. The smallest absolute Gasteiger partial charge is 0.275 e. The fraction of sp³-hybridized carbons (Fsp3) is 0.263. The first-order valence-electron chi connectivity index (χ1n) is 14.9. The van der Waals surface area contributed by atoms with Crippen molar-refractivity contribution in [1.82, 2.24) is 19.8 Å². The van der Waals surface area contributed by atoms with Crippen LogP contribution in [0.4, 0.5) is 22.0 Å². The average Bonchev–Trinajstić information content (AvgIpc) is 3.03. The number of hydrogen-bond donors (Lipinski definition) is 0. The molecule has 6 nitrogen and oxygen atoms in total. The summed E-state index contributed by atoms with van der Waals surface area (Å²) in [5.41, 5.74) is -0.537. The molecule has 2 aromatic carbocycles. The van der Waals surface area contributed by atoms with Crippen LogP contribution >= 0.6 is 0 Å². The number of halogens is 5. The monoisotopic (exact) mass is 674 g/mol. The third-order valence-corrected chi connectivity index (χ3v) is 7.17. The molecule has 11 heteroatoms. The van der Waals surface area contributed by atoms with Gasteiger partial charge in [0, 0.05) is 54.3 Å². The number of aromatic nitrogens is 2. The molecule has 0 N–H and O–H groups in total. The van der Waals surface area contributed by atoms with Gasteiger partial charge in [-0.1, -0.05) is 23.7 Å². The summed E-state index contributed by atoms with van der Waals surface area (Å²) in [7, 11) is 3.16. The Morgan fingerprint density at radius 1 is 0.551 bits per heavy atom. The van der Waals surface area contributed by atoms with E-state index in [1.807, 2.05) is 41.5 Å². The van der Waals surface area contributed by atoms with E-state index in [-0.39, 0.29) is 28.3 Å². The Bertz CT molecular complexity index is 1980. The summed E-state index contributed by atoms with van der Waals surface area (Å²) in [5.74, 6) is 6.24. The van der Waals surface area contributed by atoms with Crippen molar-refractivity contribution in [1.29, 1.82) is 0 Å². The van der Waals surface area contributed by atoms with E-state index < -0.39 is 46.2 Å². The molecule has 2 heterocycles. The lowest BCUT2D eigenvalue weighted by Crippen LogP contribution is -2.43. The molecule has 0 atom stereocenters. The summed E-state index contributed by atoms with van der Waals surface area (Å²) in [4.78, 5) is 35.1. The fourth-order valence-electron chi connectivity index (χ4n) is 3.66. The van der Waals surface area contributed by atoms with E-state index in [1.165, 1.54) is 52.5 Å². The van der Waals surface area contributed by atoms with Gasteiger partial charge < -0.3 is 9.80 Å². The lowest BCUT2D eigenvalue weighted by molar-refractivity contribution is 0.0635. The number of hydrogen-bond acceptors (Lipinski definition) is 4. The van der Waals surface area contributed by atoms with Gasteiger partial charge in [0.2, 0.25) is 0 Å². The van der Waals surface area contributed by atoms with Crippen molar-refractivity contribution in [2.75, 3.05) is 14.1 Å². The number of carbonyl (C=O) groups excluding carboxylic acids is 2. The minimum absolute atomic E-state index is 0.145. The Morgan fingerprint density at radius 3 is 1.39 bits per heavy atom. The van der Waals surface area contributed by atoms with Crippen LogP contribution in [0, 0.1) is 52.8 Å². The third-order valence-electron chi connectivity index (χ3n) is 7.17. The van der Waals surface area contributed by atoms with Crippen molar-refractivity contribution in [3.05, 3.63) is 130 Å². The van der Waals surface area contributed by atoms with Crippen LogP contribution in [-0.2, 0) is 0 Å². The summed E-state index contributed by atoms with van der Waals surface area (Å²) in [6.45, 7) is 11.0. The van der Waals surface area contributed by atoms with Gasteiger partial charge >= 0.3 is 0 Å². The molecule has 0 spiro atoms. The quantitative estimate of drug-likeness (QED) is 0.164. The Labute approximate surface area is 283 Å². The minimum Gasteiger partial charge on any atom is -0.335 e. The molecule has 2 amide bonds. The van der Waals surface area contributed by atoms with Crippen LogP contribution < -0.4 is 0 Å². The van der Waals surface area contributed by atoms with Crippen LogP contribution in [-0.4, -0.2) is 56.8 Å². The number of carbonyl (C=O) groups is 2. The molecule has 0 fully saturated rings. The zero-order chi connectivity index (χ0) is 36.7. The van der Waals surface area contributed by atoms with Crippen molar-refractivity contribution < 1.29 is 31.5 Å². The second kappa shape index (κ2) is 15.6. The van der Waals surface area contributed by atoms with E-state index in [0.29, 0.717) is 11.1 Å². The van der Waals surface area contributed by atoms with Gasteiger partial charge in [0.15, 0.2) is 23.0 Å². The Hall–Kier alpha value is -5.55. The highest BCUT2D eigenvalue weighted by molar-refractivity contribution is 5.93. The molecular weight excluding hydrogens is 639 g/mol. The van der Waals surface area contributed by atoms with Gasteiger partial charge in [-0.05, 0) is 96.1 Å². The maximum Gasteiger partial charge on any atom is 0.275 e. The van der Waals surface area contributed by atoms with E-state index >= 15 is 0 Å². The molecule has 0 bridgehead atoms. The highest BCUT2D eigenvalue weighted by Crippen LogP contribution is 2.18.